The van der Waals surface area contributed by atoms with Gasteiger partial charge in [0.2, 0.25) is 0 Å². The van der Waals surface area contributed by atoms with Gasteiger partial charge in [-0.25, -0.2) is 4.79 Å². The summed E-state index contributed by atoms with van der Waals surface area (Å²) in [7, 11) is 0. The molecule has 6 heteroatoms. The molecule has 0 radical (unpaired) electrons. The summed E-state index contributed by atoms with van der Waals surface area (Å²) in [5.41, 5.74) is 0. The number of ether oxygens (including phenoxy) is 2. The molecule has 2 saturated heterocycles. The molecule has 0 bridgehead atoms. The molecule has 0 unspecified atom stereocenters. The number of amides is 1. The van der Waals surface area contributed by atoms with Gasteiger partial charge in [-0.3, -0.25) is 0 Å². The Labute approximate surface area is 80.8 Å². The molecule has 1 amide bonds. The number of alkyl carbamates (subject to hydrolysis) is 1. The van der Waals surface area contributed by atoms with E-state index in [0.717, 1.165) is 0 Å². The molecule has 4 atom stereocenters. The lowest BCUT2D eigenvalue weighted by atomic mass is 9.96. The van der Waals surface area contributed by atoms with E-state index in [0.29, 0.717) is 6.42 Å². The van der Waals surface area contributed by atoms with E-state index in [1.165, 1.54) is 0 Å². The molecule has 0 aromatic heterocycles. The van der Waals surface area contributed by atoms with Crippen LogP contribution in [0.4, 0.5) is 4.79 Å². The molecule has 0 aromatic rings. The maximum atomic E-state index is 10.9. The number of fused-ring (bicyclic) bond motifs is 1. The number of carbonyl (C=O) groups excluding carboxylic acids is 1. The standard InChI is InChI=1S/C8H13NO5/c10-2-1-4-7(11)6-5(3-13-4)14-8(12)9-6/h4-7,10-11H,1-3H2,(H,9,12)/t4-,5+,6+,7-/m0/s1. The third-order valence-electron chi connectivity index (χ3n) is 2.58. The molecular formula is C8H13NO5. The van der Waals surface area contributed by atoms with Crippen molar-refractivity contribution in [3.8, 4) is 0 Å². The van der Waals surface area contributed by atoms with E-state index in [4.69, 9.17) is 14.6 Å². The molecule has 2 aliphatic rings. The summed E-state index contributed by atoms with van der Waals surface area (Å²) in [4.78, 5) is 10.9. The highest BCUT2D eigenvalue weighted by atomic mass is 16.6. The summed E-state index contributed by atoms with van der Waals surface area (Å²) in [5.74, 6) is 0. The zero-order valence-corrected chi connectivity index (χ0v) is 7.55. The van der Waals surface area contributed by atoms with Gasteiger partial charge in [0, 0.05) is 6.61 Å². The van der Waals surface area contributed by atoms with Gasteiger partial charge in [0.1, 0.15) is 12.2 Å². The van der Waals surface area contributed by atoms with Gasteiger partial charge in [-0.15, -0.1) is 0 Å². The van der Waals surface area contributed by atoms with E-state index < -0.39 is 30.4 Å². The second-order valence-electron chi connectivity index (χ2n) is 3.49. The van der Waals surface area contributed by atoms with Crippen LogP contribution < -0.4 is 5.32 Å². The summed E-state index contributed by atoms with van der Waals surface area (Å²) in [6, 6.07) is -0.409. The molecule has 0 aromatic carbocycles. The highest BCUT2D eigenvalue weighted by Gasteiger charge is 2.46. The Morgan fingerprint density at radius 3 is 3.07 bits per heavy atom. The molecular weight excluding hydrogens is 190 g/mol. The molecule has 2 aliphatic heterocycles. The van der Waals surface area contributed by atoms with Gasteiger partial charge >= 0.3 is 6.09 Å². The van der Waals surface area contributed by atoms with E-state index >= 15 is 0 Å². The van der Waals surface area contributed by atoms with Crippen molar-refractivity contribution >= 4 is 6.09 Å². The zero-order valence-electron chi connectivity index (χ0n) is 7.55. The van der Waals surface area contributed by atoms with Crippen molar-refractivity contribution in [1.82, 2.24) is 5.32 Å². The molecule has 14 heavy (non-hydrogen) atoms. The molecule has 0 saturated carbocycles. The van der Waals surface area contributed by atoms with Crippen LogP contribution in [0.15, 0.2) is 0 Å². The number of hydrogen-bond donors (Lipinski definition) is 3. The van der Waals surface area contributed by atoms with E-state index in [1.54, 1.807) is 0 Å². The minimum atomic E-state index is -0.813. The first-order valence-corrected chi connectivity index (χ1v) is 4.60. The van der Waals surface area contributed by atoms with Crippen LogP contribution in [0.5, 0.6) is 0 Å². The van der Waals surface area contributed by atoms with Crippen molar-refractivity contribution in [2.24, 2.45) is 0 Å². The lowest BCUT2D eigenvalue weighted by Gasteiger charge is -2.34. The smallest absolute Gasteiger partial charge is 0.408 e. The lowest BCUT2D eigenvalue weighted by molar-refractivity contribution is -0.127. The molecule has 2 heterocycles. The number of nitrogens with one attached hydrogen (secondary N) is 1. The van der Waals surface area contributed by atoms with Crippen LogP contribution in [0.2, 0.25) is 0 Å². The first kappa shape index (κ1) is 9.70. The van der Waals surface area contributed by atoms with Crippen LogP contribution in [-0.4, -0.2) is 53.9 Å². The second kappa shape index (κ2) is 3.72. The van der Waals surface area contributed by atoms with Gasteiger partial charge in [-0.05, 0) is 6.42 Å². The van der Waals surface area contributed by atoms with E-state index in [2.05, 4.69) is 5.32 Å². The summed E-state index contributed by atoms with van der Waals surface area (Å²) in [6.45, 7) is 0.221. The molecule has 2 fully saturated rings. The Bertz CT molecular complexity index is 234. The van der Waals surface area contributed by atoms with Crippen LogP contribution in [0.1, 0.15) is 6.42 Å². The van der Waals surface area contributed by atoms with Crippen molar-refractivity contribution in [2.45, 2.75) is 30.8 Å². The highest BCUT2D eigenvalue weighted by molar-refractivity contribution is 5.70. The Kier molecular flexibility index (Phi) is 2.58. The van der Waals surface area contributed by atoms with Crippen LogP contribution in [0, 0.1) is 0 Å². The third-order valence-corrected chi connectivity index (χ3v) is 2.58. The fraction of sp³-hybridized carbons (Fsp3) is 0.875. The summed E-state index contributed by atoms with van der Waals surface area (Å²) in [5, 5.41) is 21.0. The van der Waals surface area contributed by atoms with Crippen LogP contribution in [-0.2, 0) is 9.47 Å². The minimum absolute atomic E-state index is 0.0477. The predicted octanol–water partition coefficient (Wildman–Crippen LogP) is -1.39. The van der Waals surface area contributed by atoms with Crippen LogP contribution in [0.3, 0.4) is 0 Å². The number of aliphatic hydroxyl groups excluding tert-OH is 2. The molecule has 0 aliphatic carbocycles. The molecule has 80 valence electrons. The Morgan fingerprint density at radius 2 is 2.36 bits per heavy atom. The number of rotatable bonds is 2. The van der Waals surface area contributed by atoms with E-state index in [9.17, 15) is 9.90 Å². The van der Waals surface area contributed by atoms with E-state index in [1.807, 2.05) is 0 Å². The van der Waals surface area contributed by atoms with Crippen molar-refractivity contribution in [3.05, 3.63) is 0 Å². The van der Waals surface area contributed by atoms with Crippen molar-refractivity contribution in [2.75, 3.05) is 13.2 Å². The molecule has 3 N–H and O–H groups in total. The normalized spacial score (nSPS) is 41.4. The zero-order chi connectivity index (χ0) is 10.1. The Hall–Kier alpha value is -0.850. The van der Waals surface area contributed by atoms with Gasteiger partial charge in [0.05, 0.1) is 18.8 Å². The van der Waals surface area contributed by atoms with Crippen molar-refractivity contribution in [3.63, 3.8) is 0 Å². The Balaban J connectivity index is 2.01. The van der Waals surface area contributed by atoms with Gasteiger partial charge in [-0.1, -0.05) is 0 Å². The number of carbonyl (C=O) groups is 1. The molecule has 6 nitrogen and oxygen atoms in total. The summed E-state index contributed by atoms with van der Waals surface area (Å²) < 4.78 is 10.1. The van der Waals surface area contributed by atoms with E-state index in [-0.39, 0.29) is 13.2 Å². The number of aliphatic hydroxyl groups is 2. The van der Waals surface area contributed by atoms with Crippen molar-refractivity contribution < 1.29 is 24.5 Å². The largest absolute Gasteiger partial charge is 0.441 e. The third kappa shape index (κ3) is 1.56. The maximum Gasteiger partial charge on any atom is 0.408 e. The lowest BCUT2D eigenvalue weighted by Crippen LogP contribution is -2.55. The van der Waals surface area contributed by atoms with Gasteiger partial charge < -0.3 is 25.0 Å². The van der Waals surface area contributed by atoms with Gasteiger partial charge in [0.15, 0.2) is 0 Å². The van der Waals surface area contributed by atoms with Gasteiger partial charge in [0.25, 0.3) is 0 Å². The highest BCUT2D eigenvalue weighted by Crippen LogP contribution is 2.23. The average Bonchev–Trinajstić information content (AvgIpc) is 2.52. The topological polar surface area (TPSA) is 88.0 Å². The summed E-state index contributed by atoms with van der Waals surface area (Å²) >= 11 is 0. The minimum Gasteiger partial charge on any atom is -0.441 e. The average molecular weight is 203 g/mol. The Morgan fingerprint density at radius 1 is 1.57 bits per heavy atom. The first-order chi connectivity index (χ1) is 6.72. The van der Waals surface area contributed by atoms with Crippen LogP contribution in [0.25, 0.3) is 0 Å². The van der Waals surface area contributed by atoms with Gasteiger partial charge in [-0.2, -0.15) is 0 Å². The fourth-order valence-corrected chi connectivity index (χ4v) is 1.85. The van der Waals surface area contributed by atoms with Crippen molar-refractivity contribution in [1.29, 1.82) is 0 Å². The number of hydrogen-bond acceptors (Lipinski definition) is 5. The second-order valence-corrected chi connectivity index (χ2v) is 3.49. The summed E-state index contributed by atoms with van der Waals surface area (Å²) in [6.07, 6.45) is -1.81. The fourth-order valence-electron chi connectivity index (χ4n) is 1.85. The van der Waals surface area contributed by atoms with Crippen LogP contribution >= 0.6 is 0 Å². The molecule has 2 rings (SSSR count). The monoisotopic (exact) mass is 203 g/mol. The predicted molar refractivity (Wildman–Crippen MR) is 44.6 cm³/mol. The maximum absolute atomic E-state index is 10.9. The SMILES string of the molecule is O=C1N[C@H]2[C@@H](O)[C@H](CCO)OC[C@H]2O1. The first-order valence-electron chi connectivity index (χ1n) is 4.60. The quantitative estimate of drug-likeness (QED) is 0.514. The molecule has 0 spiro atoms.